The van der Waals surface area contributed by atoms with Crippen LogP contribution in [0.4, 0.5) is 26.4 Å². The highest BCUT2D eigenvalue weighted by Gasteiger charge is 2.19. The van der Waals surface area contributed by atoms with Gasteiger partial charge in [0.05, 0.1) is 21.4 Å². The zero-order valence-electron chi connectivity index (χ0n) is 15.0. The molecule has 2 aromatic carbocycles. The molecule has 0 aliphatic carbocycles. The van der Waals surface area contributed by atoms with Crippen molar-refractivity contribution in [2.24, 2.45) is 4.99 Å². The molecular weight excluding hydrogens is 461 g/mol. The number of aromatic amines is 1. The Morgan fingerprint density at radius 2 is 2.07 bits per heavy atom. The maximum absolute atomic E-state index is 13.4. The largest absolute Gasteiger partial charge is 0.359 e. The molecule has 0 aliphatic rings. The smallest absolute Gasteiger partial charge is 0.325 e. The lowest BCUT2D eigenvalue weighted by Gasteiger charge is -2.08. The fraction of sp³-hybridized carbons (Fsp3) is 0. The molecule has 0 spiro atoms. The third-order valence-electron chi connectivity index (χ3n) is 4.03. The first-order valence-corrected chi connectivity index (χ1v) is 9.25. The van der Waals surface area contributed by atoms with E-state index in [9.17, 15) is 14.4 Å². The Morgan fingerprint density at radius 3 is 2.87 bits per heavy atom. The lowest BCUT2D eigenvalue weighted by atomic mass is 10.2. The van der Waals surface area contributed by atoms with E-state index >= 15 is 0 Å². The average molecular weight is 474 g/mol. The summed E-state index contributed by atoms with van der Waals surface area (Å²) in [7, 11) is 0. The Morgan fingerprint density at radius 1 is 1.20 bits per heavy atom. The molecule has 5 N–H and O–H groups in total. The first-order chi connectivity index (χ1) is 14.5. The van der Waals surface area contributed by atoms with Crippen molar-refractivity contribution in [2.45, 2.75) is 0 Å². The zero-order chi connectivity index (χ0) is 21.1. The summed E-state index contributed by atoms with van der Waals surface area (Å²) in [6.07, 6.45) is 1.76. The number of benzene rings is 2. The standard InChI is InChI=1S/C18H13BrFN7O3/c19-11-8-10(4-5-12(11)20)22-16(25-29)15-17(27-30-26-15)24-18(28)23-13-3-1-2-9-6-7-21-14(9)13/h1-8,21,29H,(H,22,25)(H2,23,24,27,28). The van der Waals surface area contributed by atoms with E-state index in [4.69, 9.17) is 0 Å². The van der Waals surface area contributed by atoms with Gasteiger partial charge in [0.2, 0.25) is 5.82 Å². The number of aliphatic imine (C=N–C) groups is 1. The number of hydrogen-bond donors (Lipinski definition) is 5. The molecule has 0 saturated heterocycles. The van der Waals surface area contributed by atoms with Gasteiger partial charge in [-0.25, -0.2) is 18.8 Å². The molecule has 0 aliphatic heterocycles. The first-order valence-electron chi connectivity index (χ1n) is 8.46. The van der Waals surface area contributed by atoms with Crippen molar-refractivity contribution in [2.75, 3.05) is 10.6 Å². The van der Waals surface area contributed by atoms with Crippen molar-refractivity contribution in [1.82, 2.24) is 20.8 Å². The summed E-state index contributed by atoms with van der Waals surface area (Å²) in [5, 5.41) is 22.9. The number of halogens is 2. The van der Waals surface area contributed by atoms with Gasteiger partial charge in [-0.15, -0.1) is 0 Å². The van der Waals surface area contributed by atoms with Crippen molar-refractivity contribution >= 4 is 55.9 Å². The summed E-state index contributed by atoms with van der Waals surface area (Å²) in [6.45, 7) is 0. The van der Waals surface area contributed by atoms with Crippen LogP contribution in [0.15, 0.2) is 62.8 Å². The van der Waals surface area contributed by atoms with Crippen LogP contribution in [0.5, 0.6) is 0 Å². The average Bonchev–Trinajstić information content (AvgIpc) is 3.39. The quantitative estimate of drug-likeness (QED) is 0.171. The maximum atomic E-state index is 13.4. The lowest BCUT2D eigenvalue weighted by Crippen LogP contribution is -2.25. The number of amides is 2. The number of fused-ring (bicyclic) bond motifs is 1. The summed E-state index contributed by atoms with van der Waals surface area (Å²) in [6, 6.07) is 10.7. The van der Waals surface area contributed by atoms with Crippen LogP contribution in [0.2, 0.25) is 0 Å². The molecule has 152 valence electrons. The lowest BCUT2D eigenvalue weighted by molar-refractivity contribution is 0.234. The van der Waals surface area contributed by atoms with E-state index < -0.39 is 11.8 Å². The summed E-state index contributed by atoms with van der Waals surface area (Å²) in [5.74, 6) is -0.726. The van der Waals surface area contributed by atoms with Crippen LogP contribution in [0.1, 0.15) is 5.69 Å². The molecule has 2 amide bonds. The number of carbonyl (C=O) groups is 1. The second-order valence-corrected chi connectivity index (χ2v) is 6.81. The molecule has 0 fully saturated rings. The van der Waals surface area contributed by atoms with Crippen LogP contribution in [-0.2, 0) is 0 Å². The van der Waals surface area contributed by atoms with Crippen molar-refractivity contribution in [1.29, 1.82) is 0 Å². The molecule has 0 atom stereocenters. The van der Waals surface area contributed by atoms with E-state index in [0.29, 0.717) is 11.4 Å². The van der Waals surface area contributed by atoms with Gasteiger partial charge in [0, 0.05) is 11.6 Å². The van der Waals surface area contributed by atoms with E-state index in [2.05, 4.69) is 51.5 Å². The minimum atomic E-state index is -0.615. The summed E-state index contributed by atoms with van der Waals surface area (Å²) in [4.78, 5) is 19.6. The number of nitrogens with one attached hydrogen (secondary N) is 4. The zero-order valence-corrected chi connectivity index (χ0v) is 16.6. The van der Waals surface area contributed by atoms with Crippen LogP contribution < -0.4 is 16.1 Å². The van der Waals surface area contributed by atoms with Gasteiger partial charge in [-0.05, 0) is 56.6 Å². The monoisotopic (exact) mass is 473 g/mol. The normalized spacial score (nSPS) is 11.5. The highest BCUT2D eigenvalue weighted by Crippen LogP contribution is 2.24. The number of aromatic nitrogens is 3. The molecule has 30 heavy (non-hydrogen) atoms. The Labute approximate surface area is 176 Å². The Hall–Kier alpha value is -3.77. The summed E-state index contributed by atoms with van der Waals surface area (Å²) in [5.41, 5.74) is 3.42. The second-order valence-electron chi connectivity index (χ2n) is 5.96. The Balaban J connectivity index is 1.56. The van der Waals surface area contributed by atoms with Crippen molar-refractivity contribution in [3.05, 3.63) is 64.6 Å². The SMILES string of the molecule is O=C(Nc1nonc1C(=Nc1ccc(F)c(Br)c1)NO)Nc1cccc2cc[nH]c12. The highest BCUT2D eigenvalue weighted by atomic mass is 79.9. The minimum absolute atomic E-state index is 0.0637. The number of urea groups is 1. The summed E-state index contributed by atoms with van der Waals surface area (Å²) < 4.78 is 18.3. The molecule has 12 heteroatoms. The number of anilines is 2. The number of rotatable bonds is 4. The molecule has 0 saturated carbocycles. The number of nitrogens with zero attached hydrogens (tertiary/aromatic N) is 3. The number of amidine groups is 1. The molecule has 0 radical (unpaired) electrons. The molecule has 0 bridgehead atoms. The molecule has 4 aromatic rings. The third-order valence-corrected chi connectivity index (χ3v) is 4.64. The first kappa shape index (κ1) is 19.5. The van der Waals surface area contributed by atoms with Gasteiger partial charge in [-0.1, -0.05) is 12.1 Å². The maximum Gasteiger partial charge on any atom is 0.325 e. The van der Waals surface area contributed by atoms with E-state index in [-0.39, 0.29) is 21.8 Å². The Bertz CT molecular complexity index is 1250. The van der Waals surface area contributed by atoms with Crippen molar-refractivity contribution in [3.63, 3.8) is 0 Å². The van der Waals surface area contributed by atoms with E-state index in [1.54, 1.807) is 18.3 Å². The van der Waals surface area contributed by atoms with Crippen LogP contribution >= 0.6 is 15.9 Å². The molecule has 10 nitrogen and oxygen atoms in total. The fourth-order valence-corrected chi connectivity index (χ4v) is 3.06. The van der Waals surface area contributed by atoms with Crippen molar-refractivity contribution < 1.29 is 19.0 Å². The van der Waals surface area contributed by atoms with Crippen LogP contribution in [0.25, 0.3) is 10.9 Å². The Kier molecular flexibility index (Phi) is 5.41. The van der Waals surface area contributed by atoms with Gasteiger partial charge < -0.3 is 10.3 Å². The number of H-pyrrole nitrogens is 1. The number of para-hydroxylation sites is 1. The van der Waals surface area contributed by atoms with Crippen LogP contribution in [0.3, 0.4) is 0 Å². The number of carbonyl (C=O) groups excluding carboxylic acids is 1. The molecule has 0 unspecified atom stereocenters. The topological polar surface area (TPSA) is 140 Å². The van der Waals surface area contributed by atoms with E-state index in [1.807, 2.05) is 17.6 Å². The molecule has 4 rings (SSSR count). The molecule has 2 heterocycles. The van der Waals surface area contributed by atoms with Crippen LogP contribution in [0, 0.1) is 5.82 Å². The number of hydroxylamine groups is 1. The van der Waals surface area contributed by atoms with Crippen molar-refractivity contribution in [3.8, 4) is 0 Å². The van der Waals surface area contributed by atoms with Gasteiger partial charge in [-0.3, -0.25) is 16.0 Å². The molecular formula is C18H13BrFN7O3. The number of hydrogen-bond acceptors (Lipinski definition) is 6. The fourth-order valence-electron chi connectivity index (χ4n) is 2.69. The van der Waals surface area contributed by atoms with Crippen LogP contribution in [-0.4, -0.2) is 32.4 Å². The third kappa shape index (κ3) is 3.99. The minimum Gasteiger partial charge on any atom is -0.359 e. The predicted molar refractivity (Wildman–Crippen MR) is 110 cm³/mol. The molecule has 2 aromatic heterocycles. The highest BCUT2D eigenvalue weighted by molar-refractivity contribution is 9.10. The van der Waals surface area contributed by atoms with E-state index in [1.165, 1.54) is 18.2 Å². The van der Waals surface area contributed by atoms with Gasteiger partial charge in [0.1, 0.15) is 5.82 Å². The van der Waals surface area contributed by atoms with Gasteiger partial charge in [0.25, 0.3) is 0 Å². The van der Waals surface area contributed by atoms with Gasteiger partial charge in [-0.2, -0.15) is 0 Å². The van der Waals surface area contributed by atoms with E-state index in [0.717, 1.165) is 10.9 Å². The second kappa shape index (κ2) is 8.31. The van der Waals surface area contributed by atoms with Gasteiger partial charge >= 0.3 is 6.03 Å². The predicted octanol–water partition coefficient (Wildman–Crippen LogP) is 4.15. The van der Waals surface area contributed by atoms with Gasteiger partial charge in [0.15, 0.2) is 11.5 Å². The summed E-state index contributed by atoms with van der Waals surface area (Å²) >= 11 is 3.06.